The molecule has 2 heterocycles. The van der Waals surface area contributed by atoms with Crippen LogP contribution in [0.3, 0.4) is 0 Å². The molecule has 1 unspecified atom stereocenters. The summed E-state index contributed by atoms with van der Waals surface area (Å²) in [6.45, 7) is 11.2. The molecular weight excluding hydrogens is 334 g/mol. The second-order valence-corrected chi connectivity index (χ2v) is 6.99. The molecule has 2 aliphatic rings. The van der Waals surface area contributed by atoms with Crippen molar-refractivity contribution < 1.29 is 14.3 Å². The third kappa shape index (κ3) is 6.74. The van der Waals surface area contributed by atoms with Crippen LogP contribution in [0.1, 0.15) is 13.3 Å². The number of hydrogen-bond donors (Lipinski definition) is 1. The summed E-state index contributed by atoms with van der Waals surface area (Å²) in [6.07, 6.45) is 1.14. The van der Waals surface area contributed by atoms with E-state index in [1.54, 1.807) is 14.0 Å². The summed E-state index contributed by atoms with van der Waals surface area (Å²) in [4.78, 5) is 22.4. The van der Waals surface area contributed by atoms with Gasteiger partial charge < -0.3 is 24.6 Å². The van der Waals surface area contributed by atoms with Gasteiger partial charge in [0.1, 0.15) is 0 Å². The van der Waals surface area contributed by atoms with E-state index in [-0.39, 0.29) is 5.91 Å². The van der Waals surface area contributed by atoms with E-state index in [0.29, 0.717) is 19.1 Å². The van der Waals surface area contributed by atoms with Crippen LogP contribution >= 0.6 is 0 Å². The highest BCUT2D eigenvalue weighted by Crippen LogP contribution is 2.16. The zero-order valence-electron chi connectivity index (χ0n) is 16.6. The van der Waals surface area contributed by atoms with Gasteiger partial charge in [0, 0.05) is 79.4 Å². The zero-order valence-corrected chi connectivity index (χ0v) is 16.6. The Labute approximate surface area is 157 Å². The van der Waals surface area contributed by atoms with Crippen molar-refractivity contribution in [2.75, 3.05) is 86.3 Å². The third-order valence-corrected chi connectivity index (χ3v) is 5.11. The van der Waals surface area contributed by atoms with Crippen molar-refractivity contribution in [1.29, 1.82) is 0 Å². The quantitative estimate of drug-likeness (QED) is 0.360. The minimum absolute atomic E-state index is 0.179. The topological polar surface area (TPSA) is 69.6 Å². The van der Waals surface area contributed by atoms with Crippen LogP contribution in [0.5, 0.6) is 0 Å². The second-order valence-electron chi connectivity index (χ2n) is 6.99. The molecule has 2 rings (SSSR count). The number of guanidine groups is 1. The van der Waals surface area contributed by atoms with E-state index in [1.165, 1.54) is 0 Å². The van der Waals surface area contributed by atoms with Gasteiger partial charge in [-0.2, -0.15) is 0 Å². The molecule has 8 heteroatoms. The van der Waals surface area contributed by atoms with Gasteiger partial charge in [0.2, 0.25) is 5.91 Å². The predicted molar refractivity (Wildman–Crippen MR) is 102 cm³/mol. The average Bonchev–Trinajstić information content (AvgIpc) is 3.11. The van der Waals surface area contributed by atoms with Gasteiger partial charge in [-0.15, -0.1) is 0 Å². The molecule has 1 amide bonds. The van der Waals surface area contributed by atoms with Crippen molar-refractivity contribution in [3.8, 4) is 0 Å². The Hall–Kier alpha value is -1.38. The first-order chi connectivity index (χ1) is 12.6. The Kier molecular flexibility index (Phi) is 9.14. The van der Waals surface area contributed by atoms with Gasteiger partial charge in [0.15, 0.2) is 5.96 Å². The van der Waals surface area contributed by atoms with Gasteiger partial charge in [-0.25, -0.2) is 0 Å². The Morgan fingerprint density at radius 1 is 1.15 bits per heavy atom. The lowest BCUT2D eigenvalue weighted by Crippen LogP contribution is -2.50. The summed E-state index contributed by atoms with van der Waals surface area (Å²) in [5.41, 5.74) is 0. The molecule has 0 aromatic rings. The summed E-state index contributed by atoms with van der Waals surface area (Å²) >= 11 is 0. The fraction of sp³-hybridized carbons (Fsp3) is 0.889. The molecule has 2 fully saturated rings. The molecule has 2 saturated heterocycles. The van der Waals surface area contributed by atoms with Crippen LogP contribution < -0.4 is 5.32 Å². The number of amides is 1. The van der Waals surface area contributed by atoms with Crippen molar-refractivity contribution >= 4 is 11.9 Å². The number of rotatable bonds is 8. The minimum atomic E-state index is 0.179. The van der Waals surface area contributed by atoms with Crippen LogP contribution in [0.25, 0.3) is 0 Å². The Morgan fingerprint density at radius 2 is 1.92 bits per heavy atom. The normalized spacial score (nSPS) is 22.1. The van der Waals surface area contributed by atoms with Crippen molar-refractivity contribution in [2.45, 2.75) is 13.3 Å². The summed E-state index contributed by atoms with van der Waals surface area (Å²) in [6, 6.07) is 0. The number of ether oxygens (including phenoxy) is 2. The van der Waals surface area contributed by atoms with Gasteiger partial charge in [-0.1, -0.05) is 0 Å². The van der Waals surface area contributed by atoms with Gasteiger partial charge in [0.05, 0.1) is 19.8 Å². The number of aliphatic imine (C=N–C) groups is 1. The number of likely N-dealkylation sites (tertiary alicyclic amines) is 1. The monoisotopic (exact) mass is 369 g/mol. The molecule has 0 radical (unpaired) electrons. The van der Waals surface area contributed by atoms with E-state index < -0.39 is 0 Å². The zero-order chi connectivity index (χ0) is 18.8. The molecular formula is C18H35N5O3. The number of carbonyl (C=O) groups is 1. The smallest absolute Gasteiger partial charge is 0.219 e. The molecule has 8 nitrogen and oxygen atoms in total. The molecule has 0 aliphatic carbocycles. The molecule has 0 aromatic heterocycles. The van der Waals surface area contributed by atoms with Crippen molar-refractivity contribution in [2.24, 2.45) is 10.9 Å². The fourth-order valence-electron chi connectivity index (χ4n) is 3.50. The molecule has 1 N–H and O–H groups in total. The van der Waals surface area contributed by atoms with E-state index in [9.17, 15) is 4.79 Å². The number of nitrogens with zero attached hydrogens (tertiary/aromatic N) is 4. The third-order valence-electron chi connectivity index (χ3n) is 5.11. The minimum Gasteiger partial charge on any atom is -0.382 e. The SMILES string of the molecule is CN=C(NCCN1CCN(C(C)=O)CC1)N1CCC(COCCOC)C1. The molecule has 0 spiro atoms. The molecule has 26 heavy (non-hydrogen) atoms. The first kappa shape index (κ1) is 20.9. The van der Waals surface area contributed by atoms with Crippen LogP contribution in [0.2, 0.25) is 0 Å². The number of piperazine rings is 1. The standard InChI is InChI=1S/C18H35N5O3/c1-16(24)22-10-8-21(9-11-22)7-5-20-18(19-2)23-6-4-17(14-23)15-26-13-12-25-3/h17H,4-15H2,1-3H3,(H,19,20). The Balaban J connectivity index is 1.62. The van der Waals surface area contributed by atoms with E-state index in [4.69, 9.17) is 9.47 Å². The fourth-order valence-corrected chi connectivity index (χ4v) is 3.50. The highest BCUT2D eigenvalue weighted by molar-refractivity contribution is 5.80. The van der Waals surface area contributed by atoms with Gasteiger partial charge in [-0.3, -0.25) is 14.7 Å². The van der Waals surface area contributed by atoms with E-state index >= 15 is 0 Å². The average molecular weight is 370 g/mol. The van der Waals surface area contributed by atoms with Crippen LogP contribution in [-0.4, -0.2) is 113 Å². The van der Waals surface area contributed by atoms with Crippen molar-refractivity contribution in [3.05, 3.63) is 0 Å². The summed E-state index contributed by atoms with van der Waals surface area (Å²) in [5, 5.41) is 3.48. The van der Waals surface area contributed by atoms with Gasteiger partial charge in [-0.05, 0) is 6.42 Å². The first-order valence-corrected chi connectivity index (χ1v) is 9.64. The molecule has 2 aliphatic heterocycles. The molecule has 1 atom stereocenters. The largest absolute Gasteiger partial charge is 0.382 e. The maximum atomic E-state index is 11.4. The van der Waals surface area contributed by atoms with E-state index in [2.05, 4.69) is 20.1 Å². The number of nitrogens with one attached hydrogen (secondary N) is 1. The van der Waals surface area contributed by atoms with E-state index in [0.717, 1.165) is 71.3 Å². The second kappa shape index (κ2) is 11.4. The first-order valence-electron chi connectivity index (χ1n) is 9.64. The highest BCUT2D eigenvalue weighted by atomic mass is 16.5. The lowest BCUT2D eigenvalue weighted by atomic mass is 10.1. The molecule has 0 bridgehead atoms. The lowest BCUT2D eigenvalue weighted by molar-refractivity contribution is -0.130. The van der Waals surface area contributed by atoms with Crippen LogP contribution in [-0.2, 0) is 14.3 Å². The van der Waals surface area contributed by atoms with Crippen LogP contribution in [0.4, 0.5) is 0 Å². The number of methoxy groups -OCH3 is 1. The lowest BCUT2D eigenvalue weighted by Gasteiger charge is -2.34. The number of carbonyl (C=O) groups excluding carboxylic acids is 1. The maximum Gasteiger partial charge on any atom is 0.219 e. The van der Waals surface area contributed by atoms with Crippen LogP contribution in [0, 0.1) is 5.92 Å². The summed E-state index contributed by atoms with van der Waals surface area (Å²) in [5.74, 6) is 1.72. The van der Waals surface area contributed by atoms with Crippen LogP contribution in [0.15, 0.2) is 4.99 Å². The molecule has 0 saturated carbocycles. The summed E-state index contributed by atoms with van der Waals surface area (Å²) in [7, 11) is 3.54. The number of hydrogen-bond acceptors (Lipinski definition) is 5. The Bertz CT molecular complexity index is 452. The van der Waals surface area contributed by atoms with Gasteiger partial charge in [0.25, 0.3) is 0 Å². The van der Waals surface area contributed by atoms with Crippen molar-refractivity contribution in [1.82, 2.24) is 20.0 Å². The molecule has 0 aromatic carbocycles. The van der Waals surface area contributed by atoms with Gasteiger partial charge >= 0.3 is 0 Å². The van der Waals surface area contributed by atoms with Crippen molar-refractivity contribution in [3.63, 3.8) is 0 Å². The molecule has 150 valence electrons. The maximum absolute atomic E-state index is 11.4. The van der Waals surface area contributed by atoms with E-state index in [1.807, 2.05) is 11.9 Å². The Morgan fingerprint density at radius 3 is 2.58 bits per heavy atom. The predicted octanol–water partition coefficient (Wildman–Crippen LogP) is -0.289. The summed E-state index contributed by atoms with van der Waals surface area (Å²) < 4.78 is 10.7. The highest BCUT2D eigenvalue weighted by Gasteiger charge is 2.25.